The number of pyridine rings is 1. The Bertz CT molecular complexity index is 766. The highest BCUT2D eigenvalue weighted by Crippen LogP contribution is 2.24. The number of nitrogens with zero attached hydrogens (tertiary/aromatic N) is 4. The minimum atomic E-state index is -0.552. The third-order valence-electron chi connectivity index (χ3n) is 4.34. The smallest absolute Gasteiger partial charge is 0.272 e. The summed E-state index contributed by atoms with van der Waals surface area (Å²) in [5.74, 6) is -0.679. The van der Waals surface area contributed by atoms with Gasteiger partial charge in [-0.05, 0) is 44.9 Å². The largest absolute Gasteiger partial charge is 0.366 e. The van der Waals surface area contributed by atoms with Gasteiger partial charge in [-0.25, -0.2) is 0 Å². The van der Waals surface area contributed by atoms with E-state index in [0.717, 1.165) is 24.2 Å². The first-order chi connectivity index (χ1) is 11.5. The van der Waals surface area contributed by atoms with Crippen LogP contribution in [0.15, 0.2) is 24.4 Å². The summed E-state index contributed by atoms with van der Waals surface area (Å²) in [7, 11) is 0. The second-order valence-corrected chi connectivity index (χ2v) is 6.22. The zero-order chi connectivity index (χ0) is 17.3. The normalized spacial score (nSPS) is 17.8. The van der Waals surface area contributed by atoms with Crippen molar-refractivity contribution in [3.63, 3.8) is 0 Å². The van der Waals surface area contributed by atoms with Crippen LogP contribution in [-0.2, 0) is 0 Å². The Kier molecular flexibility index (Phi) is 4.33. The predicted octanol–water partition coefficient (Wildman–Crippen LogP) is 1.47. The monoisotopic (exact) mass is 327 g/mol. The maximum absolute atomic E-state index is 12.7. The molecule has 0 spiro atoms. The topological polar surface area (TPSA) is 94.1 Å². The van der Waals surface area contributed by atoms with Crippen molar-refractivity contribution in [2.75, 3.05) is 13.1 Å². The van der Waals surface area contributed by atoms with Crippen molar-refractivity contribution in [3.8, 4) is 0 Å². The molecule has 0 saturated carbocycles. The lowest BCUT2D eigenvalue weighted by atomic mass is 10.0. The number of carbonyl (C=O) groups excluding carboxylic acids is 2. The first-order valence-corrected chi connectivity index (χ1v) is 8.03. The molecule has 24 heavy (non-hydrogen) atoms. The van der Waals surface area contributed by atoms with Crippen LogP contribution in [0.1, 0.15) is 51.1 Å². The van der Waals surface area contributed by atoms with E-state index in [9.17, 15) is 9.59 Å². The Labute approximate surface area is 140 Å². The summed E-state index contributed by atoms with van der Waals surface area (Å²) in [5.41, 5.74) is 7.92. The first kappa shape index (κ1) is 16.2. The number of hydrogen-bond donors (Lipinski definition) is 1. The van der Waals surface area contributed by atoms with Gasteiger partial charge in [0.2, 0.25) is 5.91 Å². The highest BCUT2D eigenvalue weighted by Gasteiger charge is 2.27. The van der Waals surface area contributed by atoms with Crippen LogP contribution in [0.2, 0.25) is 0 Å². The lowest BCUT2D eigenvalue weighted by Gasteiger charge is -2.33. The lowest BCUT2D eigenvalue weighted by molar-refractivity contribution is 0.0665. The lowest BCUT2D eigenvalue weighted by Crippen LogP contribution is -2.41. The highest BCUT2D eigenvalue weighted by molar-refractivity contribution is 5.95. The third-order valence-corrected chi connectivity index (χ3v) is 4.34. The summed E-state index contributed by atoms with van der Waals surface area (Å²) < 4.78 is 2.01. The Morgan fingerprint density at radius 3 is 2.67 bits per heavy atom. The molecule has 2 N–H and O–H groups in total. The predicted molar refractivity (Wildman–Crippen MR) is 88.6 cm³/mol. The molecule has 1 aliphatic heterocycles. The maximum atomic E-state index is 12.7. The molecule has 1 aliphatic rings. The number of piperidine rings is 1. The zero-order valence-electron chi connectivity index (χ0n) is 13.9. The summed E-state index contributed by atoms with van der Waals surface area (Å²) in [6.45, 7) is 5.32. The maximum Gasteiger partial charge on any atom is 0.272 e. The first-order valence-electron chi connectivity index (χ1n) is 8.03. The van der Waals surface area contributed by atoms with E-state index in [1.165, 1.54) is 12.3 Å². The van der Waals surface area contributed by atoms with Crippen LogP contribution in [0, 0.1) is 13.8 Å². The molecule has 0 aromatic carbocycles. The number of likely N-dealkylation sites (tertiary alicyclic amines) is 1. The van der Waals surface area contributed by atoms with Crippen molar-refractivity contribution >= 4 is 11.8 Å². The molecule has 0 aliphatic carbocycles. The van der Waals surface area contributed by atoms with Gasteiger partial charge in [-0.1, -0.05) is 0 Å². The molecule has 1 atom stereocenters. The molecule has 2 aromatic heterocycles. The average Bonchev–Trinajstić information content (AvgIpc) is 2.93. The number of aryl methyl sites for hydroxylation is 2. The van der Waals surface area contributed by atoms with E-state index in [1.54, 1.807) is 11.0 Å². The second-order valence-electron chi connectivity index (χ2n) is 6.22. The molecule has 1 unspecified atom stereocenters. The summed E-state index contributed by atoms with van der Waals surface area (Å²) >= 11 is 0. The number of aromatic nitrogens is 3. The van der Waals surface area contributed by atoms with E-state index in [2.05, 4.69) is 10.1 Å². The van der Waals surface area contributed by atoms with Crippen molar-refractivity contribution in [1.29, 1.82) is 0 Å². The number of amides is 2. The van der Waals surface area contributed by atoms with Crippen LogP contribution in [0.4, 0.5) is 0 Å². The molecule has 7 nitrogen and oxygen atoms in total. The van der Waals surface area contributed by atoms with E-state index < -0.39 is 5.91 Å². The summed E-state index contributed by atoms with van der Waals surface area (Å²) in [5, 5.41) is 4.54. The molecule has 7 heteroatoms. The molecular formula is C17H21N5O2. The number of primary amides is 1. The standard InChI is InChI=1S/C17H21N5O2/c1-11-8-12(2)22(20-11)14-4-3-7-21(10-14)17(24)15-6-5-13(9-19-15)16(18)23/h5-6,8-9,14H,3-4,7,10H2,1-2H3,(H2,18,23). The summed E-state index contributed by atoms with van der Waals surface area (Å²) in [6.07, 6.45) is 3.27. The molecule has 1 fully saturated rings. The molecule has 0 radical (unpaired) electrons. The fourth-order valence-electron chi connectivity index (χ4n) is 3.18. The van der Waals surface area contributed by atoms with Crippen molar-refractivity contribution in [2.24, 2.45) is 5.73 Å². The number of rotatable bonds is 3. The van der Waals surface area contributed by atoms with Gasteiger partial charge in [0.15, 0.2) is 0 Å². The third kappa shape index (κ3) is 3.15. The van der Waals surface area contributed by atoms with Crippen LogP contribution in [-0.4, -0.2) is 44.6 Å². The van der Waals surface area contributed by atoms with E-state index >= 15 is 0 Å². The highest BCUT2D eigenvalue weighted by atomic mass is 16.2. The zero-order valence-corrected chi connectivity index (χ0v) is 13.9. The SMILES string of the molecule is Cc1cc(C)n(C2CCCN(C(=O)c3ccc(C(N)=O)cn3)C2)n1. The fraction of sp³-hybridized carbons (Fsp3) is 0.412. The van der Waals surface area contributed by atoms with Crippen LogP contribution in [0.25, 0.3) is 0 Å². The molecule has 3 heterocycles. The Balaban J connectivity index is 1.75. The Morgan fingerprint density at radius 1 is 1.29 bits per heavy atom. The molecule has 3 rings (SSSR count). The van der Waals surface area contributed by atoms with Gasteiger partial charge >= 0.3 is 0 Å². The van der Waals surface area contributed by atoms with Gasteiger partial charge < -0.3 is 10.6 Å². The van der Waals surface area contributed by atoms with Crippen LogP contribution < -0.4 is 5.73 Å². The van der Waals surface area contributed by atoms with Gasteiger partial charge in [-0.2, -0.15) is 5.10 Å². The van der Waals surface area contributed by atoms with Gasteiger partial charge in [0.05, 0.1) is 17.3 Å². The van der Waals surface area contributed by atoms with Gasteiger partial charge in [0.1, 0.15) is 5.69 Å². The van der Waals surface area contributed by atoms with Crippen LogP contribution >= 0.6 is 0 Å². The second kappa shape index (κ2) is 6.43. The molecule has 0 bridgehead atoms. The Hall–Kier alpha value is -2.70. The van der Waals surface area contributed by atoms with E-state index in [4.69, 9.17) is 5.73 Å². The van der Waals surface area contributed by atoms with Gasteiger partial charge in [-0.15, -0.1) is 0 Å². The Morgan fingerprint density at radius 2 is 2.08 bits per heavy atom. The van der Waals surface area contributed by atoms with Gasteiger partial charge in [0.25, 0.3) is 5.91 Å². The van der Waals surface area contributed by atoms with E-state index in [1.807, 2.05) is 24.6 Å². The van der Waals surface area contributed by atoms with Gasteiger partial charge in [0, 0.05) is 25.0 Å². The number of nitrogens with two attached hydrogens (primary N) is 1. The van der Waals surface area contributed by atoms with Crippen LogP contribution in [0.5, 0.6) is 0 Å². The minimum Gasteiger partial charge on any atom is -0.366 e. The summed E-state index contributed by atoms with van der Waals surface area (Å²) in [6, 6.07) is 5.31. The minimum absolute atomic E-state index is 0.128. The molecule has 126 valence electrons. The molecule has 2 aromatic rings. The quantitative estimate of drug-likeness (QED) is 0.923. The van der Waals surface area contributed by atoms with Crippen molar-refractivity contribution in [1.82, 2.24) is 19.7 Å². The van der Waals surface area contributed by atoms with Crippen molar-refractivity contribution in [2.45, 2.75) is 32.7 Å². The van der Waals surface area contributed by atoms with E-state index in [0.29, 0.717) is 24.3 Å². The average molecular weight is 327 g/mol. The van der Waals surface area contributed by atoms with E-state index in [-0.39, 0.29) is 11.9 Å². The molecule has 1 saturated heterocycles. The number of carbonyl (C=O) groups is 2. The van der Waals surface area contributed by atoms with Crippen LogP contribution in [0.3, 0.4) is 0 Å². The number of hydrogen-bond acceptors (Lipinski definition) is 4. The fourth-order valence-corrected chi connectivity index (χ4v) is 3.18. The van der Waals surface area contributed by atoms with Crippen molar-refractivity contribution < 1.29 is 9.59 Å². The molecular weight excluding hydrogens is 306 g/mol. The van der Waals surface area contributed by atoms with Crippen molar-refractivity contribution in [3.05, 3.63) is 47.0 Å². The summed E-state index contributed by atoms with van der Waals surface area (Å²) in [4.78, 5) is 29.6. The van der Waals surface area contributed by atoms with Gasteiger partial charge in [-0.3, -0.25) is 19.3 Å². The molecule has 2 amide bonds.